The SMILES string of the molecule is CCNC(=O)c1cc(-c2c(C)noc2C)cc2[nH]c3ccc(N4CCCOC4=O)cc3c12. The van der Waals surface area contributed by atoms with Crippen molar-refractivity contribution in [2.45, 2.75) is 27.2 Å². The highest BCUT2D eigenvalue weighted by Gasteiger charge is 2.24. The summed E-state index contributed by atoms with van der Waals surface area (Å²) in [5.41, 5.74) is 5.54. The van der Waals surface area contributed by atoms with E-state index in [1.54, 1.807) is 4.90 Å². The Bertz CT molecular complexity index is 1350. The van der Waals surface area contributed by atoms with Gasteiger partial charge in [0.05, 0.1) is 12.3 Å². The van der Waals surface area contributed by atoms with Crippen molar-refractivity contribution in [1.82, 2.24) is 15.5 Å². The highest BCUT2D eigenvalue weighted by molar-refractivity contribution is 6.19. The van der Waals surface area contributed by atoms with Gasteiger partial charge in [0.15, 0.2) is 0 Å². The molecule has 2 aromatic carbocycles. The first-order valence-electron chi connectivity index (χ1n) is 10.7. The maximum absolute atomic E-state index is 13.1. The molecule has 8 heteroatoms. The van der Waals surface area contributed by atoms with Crippen molar-refractivity contribution in [1.29, 1.82) is 0 Å². The number of anilines is 1. The van der Waals surface area contributed by atoms with Gasteiger partial charge in [0.25, 0.3) is 5.91 Å². The first-order chi connectivity index (χ1) is 15.5. The number of amides is 2. The molecule has 2 amide bonds. The van der Waals surface area contributed by atoms with Crippen LogP contribution >= 0.6 is 0 Å². The summed E-state index contributed by atoms with van der Waals surface area (Å²) >= 11 is 0. The maximum Gasteiger partial charge on any atom is 0.414 e. The van der Waals surface area contributed by atoms with E-state index < -0.39 is 0 Å². The second-order valence-electron chi connectivity index (χ2n) is 7.98. The van der Waals surface area contributed by atoms with Gasteiger partial charge in [0, 0.05) is 51.7 Å². The van der Waals surface area contributed by atoms with Crippen molar-refractivity contribution in [3.63, 3.8) is 0 Å². The van der Waals surface area contributed by atoms with Gasteiger partial charge >= 0.3 is 6.09 Å². The van der Waals surface area contributed by atoms with E-state index in [-0.39, 0.29) is 12.0 Å². The molecule has 0 spiro atoms. The Morgan fingerprint density at radius 3 is 2.78 bits per heavy atom. The van der Waals surface area contributed by atoms with Crippen molar-refractivity contribution >= 4 is 39.5 Å². The van der Waals surface area contributed by atoms with Gasteiger partial charge in [-0.3, -0.25) is 9.69 Å². The molecule has 5 rings (SSSR count). The molecule has 0 saturated carbocycles. The average molecular weight is 432 g/mol. The molecule has 1 aliphatic rings. The standard InChI is InChI=1S/C24H24N4O4/c1-4-25-23(29)18-10-15(21-13(2)27-32-14(21)3)11-20-22(18)17-12-16(6-7-19(17)26-20)28-8-5-9-31-24(28)30/h6-7,10-12,26H,4-5,8-9H2,1-3H3,(H,25,29). The number of fused-ring (bicyclic) bond motifs is 3. The van der Waals surface area contributed by atoms with Crippen LogP contribution < -0.4 is 10.2 Å². The molecule has 164 valence electrons. The third-order valence-corrected chi connectivity index (χ3v) is 5.87. The fraction of sp³-hybridized carbons (Fsp3) is 0.292. The highest BCUT2D eigenvalue weighted by atomic mass is 16.6. The lowest BCUT2D eigenvalue weighted by Gasteiger charge is -2.26. The molecule has 0 radical (unpaired) electrons. The summed E-state index contributed by atoms with van der Waals surface area (Å²) in [4.78, 5) is 30.4. The Hall–Kier alpha value is -3.81. The van der Waals surface area contributed by atoms with Gasteiger partial charge in [0.2, 0.25) is 0 Å². The lowest BCUT2D eigenvalue weighted by Crippen LogP contribution is -2.37. The monoisotopic (exact) mass is 432 g/mol. The Balaban J connectivity index is 1.75. The minimum Gasteiger partial charge on any atom is -0.449 e. The molecule has 0 unspecified atom stereocenters. The third-order valence-electron chi connectivity index (χ3n) is 5.87. The smallest absolute Gasteiger partial charge is 0.414 e. The van der Waals surface area contributed by atoms with Crippen LogP contribution in [0.5, 0.6) is 0 Å². The number of nitrogens with one attached hydrogen (secondary N) is 2. The first kappa shape index (κ1) is 20.1. The summed E-state index contributed by atoms with van der Waals surface area (Å²) < 4.78 is 10.6. The molecule has 0 bridgehead atoms. The summed E-state index contributed by atoms with van der Waals surface area (Å²) in [6.07, 6.45) is 0.433. The second-order valence-corrected chi connectivity index (χ2v) is 7.98. The van der Waals surface area contributed by atoms with Gasteiger partial charge in [0.1, 0.15) is 5.76 Å². The number of nitrogens with zero attached hydrogens (tertiary/aromatic N) is 2. The van der Waals surface area contributed by atoms with E-state index in [2.05, 4.69) is 15.5 Å². The number of aryl methyl sites for hydroxylation is 2. The van der Waals surface area contributed by atoms with Crippen molar-refractivity contribution in [3.05, 3.63) is 47.3 Å². The Morgan fingerprint density at radius 1 is 1.22 bits per heavy atom. The molecule has 0 atom stereocenters. The number of rotatable bonds is 4. The molecular weight excluding hydrogens is 408 g/mol. The van der Waals surface area contributed by atoms with Crippen molar-refractivity contribution in [3.8, 4) is 11.1 Å². The molecule has 1 saturated heterocycles. The Morgan fingerprint density at radius 2 is 2.06 bits per heavy atom. The number of benzene rings is 2. The molecule has 8 nitrogen and oxygen atoms in total. The first-order valence-corrected chi connectivity index (χ1v) is 10.7. The van der Waals surface area contributed by atoms with E-state index in [4.69, 9.17) is 9.26 Å². The zero-order valence-electron chi connectivity index (χ0n) is 18.2. The number of ether oxygens (including phenoxy) is 1. The lowest BCUT2D eigenvalue weighted by atomic mass is 9.97. The van der Waals surface area contributed by atoms with Crippen LogP contribution in [0.15, 0.2) is 34.9 Å². The van der Waals surface area contributed by atoms with E-state index >= 15 is 0 Å². The zero-order chi connectivity index (χ0) is 22.4. The molecule has 1 fully saturated rings. The van der Waals surface area contributed by atoms with E-state index in [1.165, 1.54) is 0 Å². The van der Waals surface area contributed by atoms with Crippen LogP contribution in [-0.2, 0) is 4.74 Å². The van der Waals surface area contributed by atoms with Gasteiger partial charge in [-0.25, -0.2) is 4.79 Å². The van der Waals surface area contributed by atoms with Crippen molar-refractivity contribution in [2.24, 2.45) is 0 Å². The number of hydrogen-bond acceptors (Lipinski definition) is 5. The molecule has 1 aliphatic heterocycles. The van der Waals surface area contributed by atoms with Crippen molar-refractivity contribution in [2.75, 3.05) is 24.6 Å². The Kier molecular flexibility index (Phi) is 4.84. The van der Waals surface area contributed by atoms with E-state index in [0.29, 0.717) is 31.0 Å². The lowest BCUT2D eigenvalue weighted by molar-refractivity contribution is 0.0957. The van der Waals surface area contributed by atoms with Crippen LogP contribution in [-0.4, -0.2) is 41.8 Å². The zero-order valence-corrected chi connectivity index (χ0v) is 18.2. The molecule has 32 heavy (non-hydrogen) atoms. The van der Waals surface area contributed by atoms with Gasteiger partial charge in [-0.2, -0.15) is 0 Å². The maximum atomic E-state index is 13.1. The van der Waals surface area contributed by atoms with Gasteiger partial charge < -0.3 is 19.6 Å². The number of carbonyl (C=O) groups excluding carboxylic acids is 2. The number of hydrogen-bond donors (Lipinski definition) is 2. The van der Waals surface area contributed by atoms with Crippen LogP contribution in [0.25, 0.3) is 32.9 Å². The van der Waals surface area contributed by atoms with E-state index in [9.17, 15) is 9.59 Å². The number of carbonyl (C=O) groups is 2. The van der Waals surface area contributed by atoms with Crippen LogP contribution in [0.1, 0.15) is 35.2 Å². The molecule has 2 aromatic heterocycles. The minimum absolute atomic E-state index is 0.158. The fourth-order valence-corrected chi connectivity index (χ4v) is 4.45. The summed E-state index contributed by atoms with van der Waals surface area (Å²) in [6.45, 7) is 7.20. The Labute approximate surface area is 184 Å². The van der Waals surface area contributed by atoms with E-state index in [0.717, 1.165) is 50.7 Å². The summed E-state index contributed by atoms with van der Waals surface area (Å²) in [5, 5.41) is 8.67. The van der Waals surface area contributed by atoms with E-state index in [1.807, 2.05) is 51.1 Å². The van der Waals surface area contributed by atoms with Crippen LogP contribution in [0.2, 0.25) is 0 Å². The predicted molar refractivity (Wildman–Crippen MR) is 122 cm³/mol. The number of H-pyrrole nitrogens is 1. The quantitative estimate of drug-likeness (QED) is 0.487. The van der Waals surface area contributed by atoms with Gasteiger partial charge in [-0.1, -0.05) is 5.16 Å². The molecule has 3 heterocycles. The predicted octanol–water partition coefficient (Wildman–Crippen LogP) is 4.69. The van der Waals surface area contributed by atoms with Crippen LogP contribution in [0.4, 0.5) is 10.5 Å². The second kappa shape index (κ2) is 7.71. The summed E-state index contributed by atoms with van der Waals surface area (Å²) in [6, 6.07) is 9.67. The minimum atomic E-state index is -0.347. The highest BCUT2D eigenvalue weighted by Crippen LogP contribution is 2.37. The number of aromatic amines is 1. The normalized spacial score (nSPS) is 14.2. The molecule has 4 aromatic rings. The average Bonchev–Trinajstić information content (AvgIpc) is 3.32. The molecule has 2 N–H and O–H groups in total. The largest absolute Gasteiger partial charge is 0.449 e. The summed E-state index contributed by atoms with van der Waals surface area (Å²) in [7, 11) is 0. The number of aromatic nitrogens is 2. The van der Waals surface area contributed by atoms with Gasteiger partial charge in [-0.15, -0.1) is 0 Å². The van der Waals surface area contributed by atoms with Crippen LogP contribution in [0, 0.1) is 13.8 Å². The molecular formula is C24H24N4O4. The third kappa shape index (κ3) is 3.19. The number of cyclic esters (lactones) is 1. The van der Waals surface area contributed by atoms with Gasteiger partial charge in [-0.05, 0) is 63.1 Å². The van der Waals surface area contributed by atoms with Crippen molar-refractivity contribution < 1.29 is 18.8 Å². The fourth-order valence-electron chi connectivity index (χ4n) is 4.45. The van der Waals surface area contributed by atoms with Crippen LogP contribution in [0.3, 0.4) is 0 Å². The summed E-state index contributed by atoms with van der Waals surface area (Å²) in [5.74, 6) is 0.542. The topological polar surface area (TPSA) is 100 Å². The molecule has 0 aliphatic carbocycles.